The predicted octanol–water partition coefficient (Wildman–Crippen LogP) is 3.25. The maximum Gasteiger partial charge on any atom is 0.352 e. The number of H-pyrrole nitrogens is 1. The molecule has 0 unspecified atom stereocenters. The highest BCUT2D eigenvalue weighted by atomic mass is 16.4. The Hall–Kier alpha value is -3.28. The molecule has 0 saturated carbocycles. The number of para-hydroxylation sites is 1. The van der Waals surface area contributed by atoms with Gasteiger partial charge in [-0.05, 0) is 30.3 Å². The van der Waals surface area contributed by atoms with Crippen molar-refractivity contribution in [2.24, 2.45) is 0 Å². The van der Waals surface area contributed by atoms with E-state index in [-0.39, 0.29) is 18.1 Å². The summed E-state index contributed by atoms with van der Waals surface area (Å²) in [6.07, 6.45) is 0. The summed E-state index contributed by atoms with van der Waals surface area (Å²) in [5, 5.41) is 16.1. The zero-order valence-corrected chi connectivity index (χ0v) is 13.1. The first-order valence-corrected chi connectivity index (χ1v) is 7.49. The van der Waals surface area contributed by atoms with Gasteiger partial charge in [0.2, 0.25) is 5.91 Å². The minimum absolute atomic E-state index is 0.0932. The minimum Gasteiger partial charge on any atom is -0.477 e. The van der Waals surface area contributed by atoms with Crippen LogP contribution in [0.3, 0.4) is 0 Å². The van der Waals surface area contributed by atoms with Crippen molar-refractivity contribution in [3.63, 3.8) is 0 Å². The summed E-state index contributed by atoms with van der Waals surface area (Å²) in [5.41, 5.74) is 3.15. The Morgan fingerprint density at radius 3 is 2.50 bits per heavy atom. The summed E-state index contributed by atoms with van der Waals surface area (Å²) >= 11 is 0. The van der Waals surface area contributed by atoms with E-state index >= 15 is 0 Å². The number of aromatic carboxylic acids is 1. The summed E-state index contributed by atoms with van der Waals surface area (Å²) in [4.78, 5) is 25.5. The number of carbonyl (C=O) groups excluding carboxylic acids is 1. The highest BCUT2D eigenvalue weighted by Gasteiger charge is 2.17. The van der Waals surface area contributed by atoms with E-state index in [0.29, 0.717) is 11.1 Å². The molecule has 0 aliphatic rings. The molecule has 0 fully saturated rings. The number of carboxylic acid groups (broad SMARTS) is 1. The number of hydrogen-bond acceptors (Lipinski definition) is 3. The second-order valence-corrected chi connectivity index (χ2v) is 5.44. The van der Waals surface area contributed by atoms with Crippen molar-refractivity contribution >= 4 is 34.2 Å². The van der Waals surface area contributed by atoms with Gasteiger partial charge >= 0.3 is 5.97 Å². The van der Waals surface area contributed by atoms with Gasteiger partial charge in [-0.1, -0.05) is 18.2 Å². The van der Waals surface area contributed by atoms with Crippen LogP contribution in [0.1, 0.15) is 23.0 Å². The number of nitrogens with one attached hydrogen (secondary N) is 3. The van der Waals surface area contributed by atoms with Gasteiger partial charge in [-0.15, -0.1) is 0 Å². The van der Waals surface area contributed by atoms with Crippen LogP contribution in [0.25, 0.3) is 10.9 Å². The SMILES string of the molecule is CC(=O)NCc1c(C(=O)O)[nH]c2ccc(Nc3ccccc3)cc12. The number of aromatic amines is 1. The summed E-state index contributed by atoms with van der Waals surface area (Å²) in [5.74, 6) is -1.26. The summed E-state index contributed by atoms with van der Waals surface area (Å²) in [6, 6.07) is 15.3. The number of anilines is 2. The molecule has 1 amide bonds. The normalized spacial score (nSPS) is 10.5. The summed E-state index contributed by atoms with van der Waals surface area (Å²) < 4.78 is 0. The van der Waals surface area contributed by atoms with Crippen LogP contribution in [0.5, 0.6) is 0 Å². The Morgan fingerprint density at radius 1 is 1.08 bits per heavy atom. The Bertz CT molecular complexity index is 901. The van der Waals surface area contributed by atoms with Crippen LogP contribution >= 0.6 is 0 Å². The lowest BCUT2D eigenvalue weighted by atomic mass is 10.1. The molecule has 6 heteroatoms. The number of hydrogen-bond donors (Lipinski definition) is 4. The first kappa shape index (κ1) is 15.6. The first-order chi connectivity index (χ1) is 11.5. The van der Waals surface area contributed by atoms with Crippen LogP contribution in [0.4, 0.5) is 11.4 Å². The molecule has 1 heterocycles. The molecule has 0 spiro atoms. The molecule has 3 rings (SSSR count). The topological polar surface area (TPSA) is 94.2 Å². The van der Waals surface area contributed by atoms with Gasteiger partial charge in [-0.3, -0.25) is 4.79 Å². The number of benzene rings is 2. The Labute approximate surface area is 138 Å². The number of carboxylic acids is 1. The van der Waals surface area contributed by atoms with E-state index in [0.717, 1.165) is 16.8 Å². The number of carbonyl (C=O) groups is 2. The average Bonchev–Trinajstić information content (AvgIpc) is 2.92. The highest BCUT2D eigenvalue weighted by molar-refractivity contribution is 5.98. The molecule has 3 aromatic rings. The van der Waals surface area contributed by atoms with Gasteiger partial charge in [-0.2, -0.15) is 0 Å². The molecule has 0 bridgehead atoms. The fraction of sp³-hybridized carbons (Fsp3) is 0.111. The summed E-state index contributed by atoms with van der Waals surface area (Å²) in [6.45, 7) is 1.56. The highest BCUT2D eigenvalue weighted by Crippen LogP contribution is 2.27. The van der Waals surface area contributed by atoms with Crippen molar-refractivity contribution in [1.82, 2.24) is 10.3 Å². The third-order valence-electron chi connectivity index (χ3n) is 3.70. The smallest absolute Gasteiger partial charge is 0.352 e. The van der Waals surface area contributed by atoms with Crippen molar-refractivity contribution in [2.45, 2.75) is 13.5 Å². The second kappa shape index (κ2) is 6.45. The van der Waals surface area contributed by atoms with Gasteiger partial charge in [-0.25, -0.2) is 4.79 Å². The maximum atomic E-state index is 11.5. The standard InChI is InChI=1S/C18H17N3O3/c1-11(22)19-10-15-14-9-13(20-12-5-3-2-4-6-12)7-8-16(14)21-17(15)18(23)24/h2-9,20-21H,10H2,1H3,(H,19,22)(H,23,24). The van der Waals surface area contributed by atoms with E-state index in [1.807, 2.05) is 48.5 Å². The average molecular weight is 323 g/mol. The molecule has 6 nitrogen and oxygen atoms in total. The fourth-order valence-electron chi connectivity index (χ4n) is 2.59. The van der Waals surface area contributed by atoms with Crippen molar-refractivity contribution in [2.75, 3.05) is 5.32 Å². The zero-order chi connectivity index (χ0) is 17.1. The Morgan fingerprint density at radius 2 is 1.83 bits per heavy atom. The summed E-state index contributed by atoms with van der Waals surface area (Å²) in [7, 11) is 0. The van der Waals surface area contributed by atoms with Crippen LogP contribution in [-0.2, 0) is 11.3 Å². The molecule has 2 aromatic carbocycles. The van der Waals surface area contributed by atoms with Gasteiger partial charge in [0.05, 0.1) is 0 Å². The number of rotatable bonds is 5. The lowest BCUT2D eigenvalue weighted by Crippen LogP contribution is -2.20. The van der Waals surface area contributed by atoms with Gasteiger partial charge < -0.3 is 20.7 Å². The second-order valence-electron chi connectivity index (χ2n) is 5.44. The third-order valence-corrected chi connectivity index (χ3v) is 3.70. The molecule has 24 heavy (non-hydrogen) atoms. The molecular formula is C18H17N3O3. The predicted molar refractivity (Wildman–Crippen MR) is 92.5 cm³/mol. The van der Waals surface area contributed by atoms with Gasteiger partial charge in [0.15, 0.2) is 0 Å². The van der Waals surface area contributed by atoms with Crippen molar-refractivity contribution in [3.8, 4) is 0 Å². The van der Waals surface area contributed by atoms with Crippen LogP contribution < -0.4 is 10.6 Å². The quantitative estimate of drug-likeness (QED) is 0.580. The molecule has 0 radical (unpaired) electrons. The Kier molecular flexibility index (Phi) is 4.20. The van der Waals surface area contributed by atoms with Crippen LogP contribution in [0.15, 0.2) is 48.5 Å². The van der Waals surface area contributed by atoms with E-state index in [4.69, 9.17) is 0 Å². The molecule has 0 aliphatic carbocycles. The zero-order valence-electron chi connectivity index (χ0n) is 13.1. The first-order valence-electron chi connectivity index (χ1n) is 7.49. The fourth-order valence-corrected chi connectivity index (χ4v) is 2.59. The maximum absolute atomic E-state index is 11.5. The largest absolute Gasteiger partial charge is 0.477 e. The number of aromatic nitrogens is 1. The molecule has 0 saturated heterocycles. The lowest BCUT2D eigenvalue weighted by Gasteiger charge is -2.07. The molecule has 0 aliphatic heterocycles. The molecule has 4 N–H and O–H groups in total. The monoisotopic (exact) mass is 323 g/mol. The van der Waals surface area contributed by atoms with Gasteiger partial charge in [0, 0.05) is 41.3 Å². The number of fused-ring (bicyclic) bond motifs is 1. The van der Waals surface area contributed by atoms with Crippen molar-refractivity contribution < 1.29 is 14.7 Å². The van der Waals surface area contributed by atoms with E-state index in [1.54, 1.807) is 0 Å². The van der Waals surface area contributed by atoms with E-state index in [9.17, 15) is 14.7 Å². The van der Waals surface area contributed by atoms with Crippen molar-refractivity contribution in [3.05, 3.63) is 59.8 Å². The van der Waals surface area contributed by atoms with E-state index in [1.165, 1.54) is 6.92 Å². The van der Waals surface area contributed by atoms with Gasteiger partial charge in [0.1, 0.15) is 5.69 Å². The van der Waals surface area contributed by atoms with Crippen LogP contribution in [0, 0.1) is 0 Å². The van der Waals surface area contributed by atoms with Crippen LogP contribution in [0.2, 0.25) is 0 Å². The van der Waals surface area contributed by atoms with Crippen LogP contribution in [-0.4, -0.2) is 22.0 Å². The molecule has 0 atom stereocenters. The Balaban J connectivity index is 2.01. The number of amides is 1. The van der Waals surface area contributed by atoms with Crippen molar-refractivity contribution in [1.29, 1.82) is 0 Å². The lowest BCUT2D eigenvalue weighted by molar-refractivity contribution is -0.119. The third kappa shape index (κ3) is 3.22. The van der Waals surface area contributed by atoms with Gasteiger partial charge in [0.25, 0.3) is 0 Å². The molecular weight excluding hydrogens is 306 g/mol. The molecule has 1 aromatic heterocycles. The molecule has 122 valence electrons. The minimum atomic E-state index is -1.05. The van der Waals surface area contributed by atoms with E-state index in [2.05, 4.69) is 15.6 Å². The van der Waals surface area contributed by atoms with E-state index < -0.39 is 5.97 Å².